The summed E-state index contributed by atoms with van der Waals surface area (Å²) in [5, 5.41) is 10.5. The number of benzene rings is 1. The largest absolute Gasteiger partial charge is 0.506 e. The maximum Gasteiger partial charge on any atom is 0.133 e. The van der Waals surface area contributed by atoms with Crippen LogP contribution in [0.3, 0.4) is 0 Å². The first-order chi connectivity index (χ1) is 5.27. The molecule has 2 aromatic rings. The standard InChI is InChI=1S/C9H8OS.Ac/c1-6-5-7-3-2-4-8(10)9(7)11-6;/h2-5,10H,1H3;. The van der Waals surface area contributed by atoms with E-state index in [9.17, 15) is 5.11 Å². The minimum absolute atomic E-state index is 0. The zero-order chi connectivity index (χ0) is 7.84. The second-order valence-electron chi connectivity index (χ2n) is 2.55. The summed E-state index contributed by atoms with van der Waals surface area (Å²) in [4.78, 5) is 1.24. The number of thiophene rings is 1. The second kappa shape index (κ2) is 4.09. The fourth-order valence-electron chi connectivity index (χ4n) is 1.18. The van der Waals surface area contributed by atoms with Gasteiger partial charge in [-0.3, -0.25) is 0 Å². The van der Waals surface area contributed by atoms with Crippen LogP contribution in [0.25, 0.3) is 10.1 Å². The topological polar surface area (TPSA) is 20.2 Å². The molecule has 0 atom stereocenters. The van der Waals surface area contributed by atoms with E-state index >= 15 is 0 Å². The molecule has 1 aromatic heterocycles. The summed E-state index contributed by atoms with van der Waals surface area (Å²) in [6.07, 6.45) is 0. The van der Waals surface area contributed by atoms with Crippen molar-refractivity contribution in [1.82, 2.24) is 0 Å². The van der Waals surface area contributed by atoms with Crippen LogP contribution in [-0.2, 0) is 0 Å². The van der Waals surface area contributed by atoms with Crippen molar-refractivity contribution in [1.29, 1.82) is 0 Å². The van der Waals surface area contributed by atoms with Crippen LogP contribution in [0.1, 0.15) is 4.88 Å². The van der Waals surface area contributed by atoms with Crippen molar-refractivity contribution in [2.75, 3.05) is 0 Å². The molecule has 0 saturated carbocycles. The van der Waals surface area contributed by atoms with Crippen molar-refractivity contribution >= 4 is 21.4 Å². The van der Waals surface area contributed by atoms with Crippen molar-refractivity contribution in [3.63, 3.8) is 0 Å². The third kappa shape index (κ3) is 1.84. The Morgan fingerprint density at radius 2 is 2.08 bits per heavy atom. The summed E-state index contributed by atoms with van der Waals surface area (Å²) < 4.78 is 0.991. The number of aryl methyl sites for hydroxylation is 1. The van der Waals surface area contributed by atoms with Crippen LogP contribution in [0.2, 0.25) is 0 Å². The van der Waals surface area contributed by atoms with Gasteiger partial charge in [0, 0.05) is 48.9 Å². The summed E-state index contributed by atoms with van der Waals surface area (Å²) in [6, 6.07) is 7.68. The Kier molecular flexibility index (Phi) is 3.58. The molecule has 1 N–H and O–H groups in total. The molecule has 0 aliphatic carbocycles. The normalized spacial score (nSPS) is 9.75. The Morgan fingerprint density at radius 1 is 1.33 bits per heavy atom. The third-order valence-electron chi connectivity index (χ3n) is 1.65. The van der Waals surface area contributed by atoms with E-state index in [0.717, 1.165) is 10.1 Å². The molecule has 0 saturated heterocycles. The van der Waals surface area contributed by atoms with Gasteiger partial charge in [0.05, 0.1) is 4.70 Å². The minimum atomic E-state index is 0. The fraction of sp³-hybridized carbons (Fsp3) is 0.111. The van der Waals surface area contributed by atoms with E-state index in [1.165, 1.54) is 4.88 Å². The molecule has 1 nitrogen and oxygen atoms in total. The molecule has 0 amide bonds. The molecule has 0 spiro atoms. The van der Waals surface area contributed by atoms with Gasteiger partial charge in [-0.25, -0.2) is 0 Å². The summed E-state index contributed by atoms with van der Waals surface area (Å²) in [5.74, 6) is 0.389. The predicted octanol–water partition coefficient (Wildman–Crippen LogP) is 2.92. The van der Waals surface area contributed by atoms with Gasteiger partial charge in [0.2, 0.25) is 0 Å². The number of phenols is 1. The average Bonchev–Trinajstić information content (AvgIpc) is 2.31. The van der Waals surface area contributed by atoms with E-state index in [1.807, 2.05) is 19.1 Å². The number of rotatable bonds is 0. The van der Waals surface area contributed by atoms with E-state index in [0.29, 0.717) is 5.75 Å². The maximum atomic E-state index is 9.39. The number of fused-ring (bicyclic) bond motifs is 1. The van der Waals surface area contributed by atoms with E-state index < -0.39 is 0 Å². The van der Waals surface area contributed by atoms with Crippen LogP contribution >= 0.6 is 11.3 Å². The van der Waals surface area contributed by atoms with Crippen molar-refractivity contribution in [2.24, 2.45) is 0 Å². The Bertz CT molecular complexity index is 394. The quantitative estimate of drug-likeness (QED) is 0.733. The van der Waals surface area contributed by atoms with Crippen molar-refractivity contribution in [3.05, 3.63) is 29.1 Å². The Balaban J connectivity index is 0.000000720. The van der Waals surface area contributed by atoms with E-state index in [4.69, 9.17) is 0 Å². The molecular weight excluding hydrogens is 383 g/mol. The Hall–Kier alpha value is 0.422. The smallest absolute Gasteiger partial charge is 0.133 e. The van der Waals surface area contributed by atoms with Gasteiger partial charge in [0.25, 0.3) is 0 Å². The van der Waals surface area contributed by atoms with Crippen LogP contribution in [-0.4, -0.2) is 5.11 Å². The number of hydrogen-bond donors (Lipinski definition) is 1. The van der Waals surface area contributed by atoms with Gasteiger partial charge in [0.15, 0.2) is 0 Å². The molecule has 59 valence electrons. The molecule has 2 rings (SSSR count). The van der Waals surface area contributed by atoms with Gasteiger partial charge in [-0.2, -0.15) is 0 Å². The molecule has 3 heteroatoms. The summed E-state index contributed by atoms with van der Waals surface area (Å²) in [6.45, 7) is 2.05. The van der Waals surface area contributed by atoms with Crippen LogP contribution < -0.4 is 0 Å². The molecule has 0 bridgehead atoms. The summed E-state index contributed by atoms with van der Waals surface area (Å²) >= 11 is 1.63. The molecule has 0 unspecified atom stereocenters. The van der Waals surface area contributed by atoms with Crippen molar-refractivity contribution in [2.45, 2.75) is 6.92 Å². The number of phenolic OH excluding ortho intramolecular Hbond substituents is 1. The van der Waals surface area contributed by atoms with Gasteiger partial charge in [0.1, 0.15) is 5.75 Å². The predicted molar refractivity (Wildman–Crippen MR) is 48.2 cm³/mol. The van der Waals surface area contributed by atoms with E-state index in [2.05, 4.69) is 6.07 Å². The first kappa shape index (κ1) is 10.5. The third-order valence-corrected chi connectivity index (χ3v) is 2.74. The molecule has 1 aromatic carbocycles. The van der Waals surface area contributed by atoms with Crippen LogP contribution in [0.4, 0.5) is 0 Å². The average molecular weight is 391 g/mol. The summed E-state index contributed by atoms with van der Waals surface area (Å²) in [7, 11) is 0. The number of aromatic hydroxyl groups is 1. The first-order valence-electron chi connectivity index (χ1n) is 3.45. The SMILES string of the molecule is Cc1cc2cccc(O)c2s1.[Ac]. The number of hydrogen-bond acceptors (Lipinski definition) is 2. The minimum Gasteiger partial charge on any atom is -0.506 e. The first-order valence-corrected chi connectivity index (χ1v) is 4.27. The van der Waals surface area contributed by atoms with Crippen LogP contribution in [0.15, 0.2) is 24.3 Å². The molecule has 0 aliphatic heterocycles. The summed E-state index contributed by atoms with van der Waals surface area (Å²) in [5.41, 5.74) is 0. The molecular formula is C9H8AcOS. The van der Waals surface area contributed by atoms with Gasteiger partial charge >= 0.3 is 0 Å². The fourth-order valence-corrected chi connectivity index (χ4v) is 2.10. The van der Waals surface area contributed by atoms with Gasteiger partial charge in [-0.1, -0.05) is 12.1 Å². The molecule has 0 fully saturated rings. The van der Waals surface area contributed by atoms with E-state index in [1.54, 1.807) is 17.4 Å². The van der Waals surface area contributed by atoms with Crippen molar-refractivity contribution < 1.29 is 49.2 Å². The molecule has 12 heavy (non-hydrogen) atoms. The zero-order valence-corrected chi connectivity index (χ0v) is 12.3. The Labute approximate surface area is 111 Å². The monoisotopic (exact) mass is 391 g/mol. The molecule has 0 aliphatic rings. The molecule has 1 radical (unpaired) electrons. The van der Waals surface area contributed by atoms with Crippen molar-refractivity contribution in [3.8, 4) is 5.75 Å². The van der Waals surface area contributed by atoms with Gasteiger partial charge < -0.3 is 5.11 Å². The van der Waals surface area contributed by atoms with Crippen LogP contribution in [0.5, 0.6) is 5.75 Å². The van der Waals surface area contributed by atoms with E-state index in [-0.39, 0.29) is 44.1 Å². The maximum absolute atomic E-state index is 9.39. The van der Waals surface area contributed by atoms with Gasteiger partial charge in [-0.15, -0.1) is 11.3 Å². The van der Waals surface area contributed by atoms with Gasteiger partial charge in [-0.05, 0) is 24.4 Å². The Morgan fingerprint density at radius 3 is 2.75 bits per heavy atom. The van der Waals surface area contributed by atoms with Crippen LogP contribution in [0, 0.1) is 51.0 Å². The second-order valence-corrected chi connectivity index (χ2v) is 3.81. The molecule has 1 heterocycles. The zero-order valence-electron chi connectivity index (χ0n) is 6.74.